The Hall–Kier alpha value is -1.88. The first-order valence-electron chi connectivity index (χ1n) is 5.27. The van der Waals surface area contributed by atoms with Crippen LogP contribution < -0.4 is 0 Å². The molecule has 0 amide bonds. The highest BCUT2D eigenvalue weighted by atomic mass is 35.5. The van der Waals surface area contributed by atoms with Crippen LogP contribution in [0.25, 0.3) is 0 Å². The maximum Gasteiger partial charge on any atom is 0.269 e. The molecule has 0 aromatic heterocycles. The molecule has 5 nitrogen and oxygen atoms in total. The van der Waals surface area contributed by atoms with Gasteiger partial charge in [0.1, 0.15) is 11.3 Å². The number of rotatable bonds is 2. The van der Waals surface area contributed by atoms with Crippen molar-refractivity contribution in [2.45, 2.75) is 19.4 Å². The molecule has 0 N–H and O–H groups in total. The predicted octanol–water partition coefficient (Wildman–Crippen LogP) is 3.23. The zero-order chi connectivity index (χ0) is 13.3. The van der Waals surface area contributed by atoms with Crippen LogP contribution in [0, 0.1) is 10.1 Å². The second-order valence-electron chi connectivity index (χ2n) is 4.36. The first-order chi connectivity index (χ1) is 8.44. The van der Waals surface area contributed by atoms with Gasteiger partial charge in [-0.25, -0.2) is 4.99 Å². The summed E-state index contributed by atoms with van der Waals surface area (Å²) in [6, 6.07) is 6.03. The van der Waals surface area contributed by atoms with E-state index in [0.29, 0.717) is 17.2 Å². The van der Waals surface area contributed by atoms with E-state index in [1.165, 1.54) is 17.7 Å². The molecule has 0 radical (unpaired) electrons. The van der Waals surface area contributed by atoms with Crippen LogP contribution in [-0.4, -0.2) is 16.4 Å². The molecule has 0 unspecified atom stereocenters. The number of aliphatic imine (C=N–C) groups is 1. The summed E-state index contributed by atoms with van der Waals surface area (Å²) in [6.45, 7) is 3.75. The predicted molar refractivity (Wildman–Crippen MR) is 68.7 cm³/mol. The van der Waals surface area contributed by atoms with Crippen LogP contribution >= 0.6 is 11.6 Å². The minimum atomic E-state index is -0.515. The number of hydrogen-bond donors (Lipinski definition) is 0. The van der Waals surface area contributed by atoms with Crippen molar-refractivity contribution in [3.05, 3.63) is 51.2 Å². The Morgan fingerprint density at radius 1 is 1.39 bits per heavy atom. The summed E-state index contributed by atoms with van der Waals surface area (Å²) in [5, 5.41) is 10.6. The maximum atomic E-state index is 10.6. The van der Waals surface area contributed by atoms with E-state index in [1.54, 1.807) is 12.1 Å². The highest BCUT2D eigenvalue weighted by molar-refractivity contribution is 6.25. The topological polar surface area (TPSA) is 64.7 Å². The number of halogens is 1. The fourth-order valence-electron chi connectivity index (χ4n) is 1.57. The Balaban J connectivity index is 2.32. The Morgan fingerprint density at radius 3 is 2.44 bits per heavy atom. The van der Waals surface area contributed by atoms with Gasteiger partial charge in [0.2, 0.25) is 5.90 Å². The number of non-ortho nitro benzene ring substituents is 1. The first-order valence-corrected chi connectivity index (χ1v) is 5.71. The molecule has 0 atom stereocenters. The minimum Gasteiger partial charge on any atom is -0.440 e. The third-order valence-electron chi connectivity index (χ3n) is 2.61. The molecule has 1 aromatic rings. The average molecular weight is 267 g/mol. The lowest BCUT2D eigenvalue weighted by Crippen LogP contribution is -2.15. The molecule has 6 heteroatoms. The van der Waals surface area contributed by atoms with Crippen LogP contribution in [0.2, 0.25) is 0 Å². The summed E-state index contributed by atoms with van der Waals surface area (Å²) < 4.78 is 5.52. The molecular formula is C12H11ClN2O3. The van der Waals surface area contributed by atoms with Crippen LogP contribution in [-0.2, 0) is 4.74 Å². The number of ether oxygens (including phenoxy) is 1. The van der Waals surface area contributed by atoms with Crippen molar-refractivity contribution in [3.63, 3.8) is 0 Å². The highest BCUT2D eigenvalue weighted by Gasteiger charge is 2.33. The molecule has 1 aliphatic rings. The lowest BCUT2D eigenvalue weighted by molar-refractivity contribution is -0.384. The second-order valence-corrected chi connectivity index (χ2v) is 4.57. The van der Waals surface area contributed by atoms with E-state index in [4.69, 9.17) is 16.3 Å². The van der Waals surface area contributed by atoms with Gasteiger partial charge in [0, 0.05) is 23.2 Å². The van der Waals surface area contributed by atoms with Crippen LogP contribution in [0.1, 0.15) is 19.4 Å². The number of nitro groups is 1. The molecule has 0 spiro atoms. The molecule has 1 aliphatic heterocycles. The van der Waals surface area contributed by atoms with E-state index in [0.717, 1.165) is 0 Å². The van der Waals surface area contributed by atoms with Crippen molar-refractivity contribution in [2.75, 3.05) is 0 Å². The summed E-state index contributed by atoms with van der Waals surface area (Å²) >= 11 is 5.66. The van der Waals surface area contributed by atoms with E-state index < -0.39 is 10.5 Å². The Morgan fingerprint density at radius 2 is 2.00 bits per heavy atom. The molecule has 0 saturated carbocycles. The van der Waals surface area contributed by atoms with Crippen molar-refractivity contribution in [2.24, 2.45) is 4.99 Å². The van der Waals surface area contributed by atoms with Crippen molar-refractivity contribution in [1.29, 1.82) is 0 Å². The van der Waals surface area contributed by atoms with Gasteiger partial charge < -0.3 is 4.74 Å². The monoisotopic (exact) mass is 266 g/mol. The normalized spacial score (nSPS) is 19.5. The smallest absolute Gasteiger partial charge is 0.269 e. The SMILES string of the molecule is CC1(C)N=C(c2ccc([N+](=O)[O-])cc2)O/C1=C/Cl. The number of benzene rings is 1. The van der Waals surface area contributed by atoms with Crippen LogP contribution in [0.5, 0.6) is 0 Å². The van der Waals surface area contributed by atoms with Gasteiger partial charge in [0.25, 0.3) is 5.69 Å². The van der Waals surface area contributed by atoms with Gasteiger partial charge in [-0.2, -0.15) is 0 Å². The molecule has 18 heavy (non-hydrogen) atoms. The lowest BCUT2D eigenvalue weighted by atomic mass is 10.1. The third kappa shape index (κ3) is 2.22. The summed E-state index contributed by atoms with van der Waals surface area (Å²) in [5.74, 6) is 0.972. The summed E-state index contributed by atoms with van der Waals surface area (Å²) in [4.78, 5) is 14.5. The quantitative estimate of drug-likeness (QED) is 0.610. The fourth-order valence-corrected chi connectivity index (χ4v) is 1.88. The first kappa shape index (κ1) is 12.6. The molecular weight excluding hydrogens is 256 g/mol. The Bertz CT molecular complexity index is 547. The van der Waals surface area contributed by atoms with Crippen LogP contribution in [0.3, 0.4) is 0 Å². The van der Waals surface area contributed by atoms with Gasteiger partial charge in [-0.05, 0) is 26.0 Å². The molecule has 0 saturated heterocycles. The van der Waals surface area contributed by atoms with Crippen molar-refractivity contribution in [3.8, 4) is 0 Å². The Labute approximate surface area is 109 Å². The molecule has 1 heterocycles. The number of nitro benzene ring substituents is 1. The van der Waals surface area contributed by atoms with E-state index in [-0.39, 0.29) is 5.69 Å². The standard InChI is InChI=1S/C12H11ClN2O3/c1-12(2)10(7-13)18-11(14-12)8-3-5-9(6-4-8)15(16)17/h3-7H,1-2H3/b10-7+. The van der Waals surface area contributed by atoms with Gasteiger partial charge in [-0.3, -0.25) is 10.1 Å². The van der Waals surface area contributed by atoms with E-state index in [1.807, 2.05) is 13.8 Å². The van der Waals surface area contributed by atoms with Gasteiger partial charge in [0.05, 0.1) is 4.92 Å². The minimum absolute atomic E-state index is 0.0321. The molecule has 94 valence electrons. The van der Waals surface area contributed by atoms with Gasteiger partial charge in [-0.15, -0.1) is 0 Å². The second kappa shape index (κ2) is 4.42. The van der Waals surface area contributed by atoms with Gasteiger partial charge in [-0.1, -0.05) is 11.6 Å². The molecule has 2 rings (SSSR count). The molecule has 0 fully saturated rings. The lowest BCUT2D eigenvalue weighted by Gasteiger charge is -2.11. The van der Waals surface area contributed by atoms with Crippen molar-refractivity contribution in [1.82, 2.24) is 0 Å². The summed E-state index contributed by atoms with van der Waals surface area (Å²) in [7, 11) is 0. The molecule has 0 aliphatic carbocycles. The largest absolute Gasteiger partial charge is 0.440 e. The zero-order valence-electron chi connectivity index (χ0n) is 9.88. The van der Waals surface area contributed by atoms with E-state index in [9.17, 15) is 10.1 Å². The van der Waals surface area contributed by atoms with E-state index >= 15 is 0 Å². The summed E-state index contributed by atoms with van der Waals surface area (Å²) in [6.07, 6.45) is 0. The van der Waals surface area contributed by atoms with Crippen LogP contribution in [0.15, 0.2) is 40.6 Å². The Kier molecular flexibility index (Phi) is 3.09. The maximum absolute atomic E-state index is 10.6. The highest BCUT2D eigenvalue weighted by Crippen LogP contribution is 2.31. The fraction of sp³-hybridized carbons (Fsp3) is 0.250. The third-order valence-corrected chi connectivity index (χ3v) is 2.81. The van der Waals surface area contributed by atoms with Crippen LogP contribution in [0.4, 0.5) is 5.69 Å². The zero-order valence-corrected chi connectivity index (χ0v) is 10.6. The van der Waals surface area contributed by atoms with E-state index in [2.05, 4.69) is 4.99 Å². The average Bonchev–Trinajstić information content (AvgIpc) is 2.64. The molecule has 1 aromatic carbocycles. The number of hydrogen-bond acceptors (Lipinski definition) is 4. The van der Waals surface area contributed by atoms with Gasteiger partial charge in [0.15, 0.2) is 0 Å². The summed E-state index contributed by atoms with van der Waals surface area (Å²) in [5.41, 5.74) is 1.55. The van der Waals surface area contributed by atoms with Gasteiger partial charge >= 0.3 is 0 Å². The van der Waals surface area contributed by atoms with Crippen molar-refractivity contribution < 1.29 is 9.66 Å². The number of nitrogens with zero attached hydrogens (tertiary/aromatic N) is 2. The molecule has 0 bridgehead atoms. The van der Waals surface area contributed by atoms with Crippen molar-refractivity contribution >= 4 is 23.2 Å².